The van der Waals surface area contributed by atoms with Gasteiger partial charge in [-0.15, -0.1) is 0 Å². The smallest absolute Gasteiger partial charge is 0.150 e. The summed E-state index contributed by atoms with van der Waals surface area (Å²) in [5.41, 5.74) is 0. The van der Waals surface area contributed by atoms with Gasteiger partial charge in [-0.2, -0.15) is 0 Å². The molecule has 0 radical (unpaired) electrons. The van der Waals surface area contributed by atoms with E-state index >= 15 is 0 Å². The van der Waals surface area contributed by atoms with Gasteiger partial charge in [-0.1, -0.05) is 36.7 Å². The second kappa shape index (κ2) is 5.22. The van der Waals surface area contributed by atoms with Gasteiger partial charge in [-0.3, -0.25) is 0 Å². The van der Waals surface area contributed by atoms with Crippen LogP contribution in [0.4, 0.5) is 0 Å². The van der Waals surface area contributed by atoms with Crippen LogP contribution in [0.2, 0.25) is 0 Å². The minimum absolute atomic E-state index is 0.216. The molecule has 0 N–H and O–H groups in total. The van der Waals surface area contributed by atoms with Gasteiger partial charge in [0, 0.05) is 5.33 Å². The molecule has 4 heteroatoms. The van der Waals surface area contributed by atoms with Crippen molar-refractivity contribution in [3.05, 3.63) is 0 Å². The van der Waals surface area contributed by atoms with Gasteiger partial charge < -0.3 is 0 Å². The van der Waals surface area contributed by atoms with Crippen LogP contribution in [0.5, 0.6) is 0 Å². The van der Waals surface area contributed by atoms with Gasteiger partial charge in [0.25, 0.3) is 0 Å². The molecule has 0 saturated carbocycles. The average Bonchev–Trinajstić information content (AvgIpc) is 1.83. The van der Waals surface area contributed by atoms with Crippen LogP contribution in [-0.4, -0.2) is 25.3 Å². The fourth-order valence-corrected chi connectivity index (χ4v) is 3.72. The first kappa shape index (κ1) is 12.4. The Morgan fingerprint density at radius 1 is 1.17 bits per heavy atom. The Balaban J connectivity index is 4.05. The number of sulfone groups is 1. The van der Waals surface area contributed by atoms with E-state index in [0.29, 0.717) is 11.5 Å². The van der Waals surface area contributed by atoms with Crippen molar-refractivity contribution in [2.24, 2.45) is 11.8 Å². The summed E-state index contributed by atoms with van der Waals surface area (Å²) < 4.78 is 22.8. The van der Waals surface area contributed by atoms with Crippen molar-refractivity contribution in [3.8, 4) is 0 Å². The van der Waals surface area contributed by atoms with Crippen LogP contribution in [0.15, 0.2) is 0 Å². The second-order valence-electron chi connectivity index (χ2n) is 3.73. The average molecular weight is 257 g/mol. The summed E-state index contributed by atoms with van der Waals surface area (Å²) in [5, 5.41) is 0.754. The summed E-state index contributed by atoms with van der Waals surface area (Å²) in [6, 6.07) is 0. The Kier molecular flexibility index (Phi) is 5.41. The molecule has 12 heavy (non-hydrogen) atoms. The molecule has 0 aromatic rings. The lowest BCUT2D eigenvalue weighted by atomic mass is 10.3. The van der Waals surface area contributed by atoms with Gasteiger partial charge in [0.1, 0.15) is 0 Å². The molecular weight excluding hydrogens is 240 g/mol. The number of alkyl halides is 1. The molecule has 0 spiro atoms. The molecular formula is C8H17BrO2S. The SMILES string of the molecule is CC(C)CS(=O)(=O)CC(C)CBr. The van der Waals surface area contributed by atoms with E-state index in [-0.39, 0.29) is 11.8 Å². The molecule has 2 nitrogen and oxygen atoms in total. The zero-order valence-electron chi connectivity index (χ0n) is 7.88. The Hall–Kier alpha value is 0.430. The molecule has 0 amide bonds. The highest BCUT2D eigenvalue weighted by Crippen LogP contribution is 2.08. The highest BCUT2D eigenvalue weighted by Gasteiger charge is 2.16. The molecule has 0 heterocycles. The quantitative estimate of drug-likeness (QED) is 0.707. The van der Waals surface area contributed by atoms with Crippen LogP contribution in [0.25, 0.3) is 0 Å². The summed E-state index contributed by atoms with van der Waals surface area (Å²) in [5.74, 6) is 1.06. The molecule has 0 rings (SSSR count). The third-order valence-corrected chi connectivity index (χ3v) is 4.75. The lowest BCUT2D eigenvalue weighted by Crippen LogP contribution is -2.20. The van der Waals surface area contributed by atoms with Crippen LogP contribution in [-0.2, 0) is 9.84 Å². The van der Waals surface area contributed by atoms with Crippen LogP contribution in [0.3, 0.4) is 0 Å². The minimum atomic E-state index is -2.82. The maximum Gasteiger partial charge on any atom is 0.150 e. The van der Waals surface area contributed by atoms with Crippen molar-refractivity contribution in [1.82, 2.24) is 0 Å². The molecule has 74 valence electrons. The molecule has 0 aliphatic rings. The van der Waals surface area contributed by atoms with Crippen molar-refractivity contribution in [2.75, 3.05) is 16.8 Å². The Morgan fingerprint density at radius 3 is 2.00 bits per heavy atom. The first-order valence-corrected chi connectivity index (χ1v) is 7.08. The fraction of sp³-hybridized carbons (Fsp3) is 1.00. The molecule has 0 aromatic heterocycles. The summed E-state index contributed by atoms with van der Waals surface area (Å²) in [7, 11) is -2.82. The summed E-state index contributed by atoms with van der Waals surface area (Å²) in [6.45, 7) is 5.79. The first-order chi connectivity index (χ1) is 5.37. The third kappa shape index (κ3) is 6.00. The van der Waals surface area contributed by atoms with Crippen LogP contribution in [0.1, 0.15) is 20.8 Å². The van der Waals surface area contributed by atoms with Crippen LogP contribution in [0, 0.1) is 11.8 Å². The fourth-order valence-electron chi connectivity index (χ4n) is 1.05. The van der Waals surface area contributed by atoms with E-state index in [1.807, 2.05) is 20.8 Å². The van der Waals surface area contributed by atoms with Gasteiger partial charge >= 0.3 is 0 Å². The van der Waals surface area contributed by atoms with Gasteiger partial charge in [0.05, 0.1) is 11.5 Å². The number of hydrogen-bond acceptors (Lipinski definition) is 2. The number of rotatable bonds is 5. The number of halogens is 1. The lowest BCUT2D eigenvalue weighted by molar-refractivity contribution is 0.571. The largest absolute Gasteiger partial charge is 0.229 e. The molecule has 0 aliphatic heterocycles. The van der Waals surface area contributed by atoms with Gasteiger partial charge in [-0.05, 0) is 11.8 Å². The maximum atomic E-state index is 11.4. The Labute approximate surface area is 83.8 Å². The molecule has 0 fully saturated rings. The highest BCUT2D eigenvalue weighted by atomic mass is 79.9. The molecule has 0 aromatic carbocycles. The van der Waals surface area contributed by atoms with E-state index in [1.54, 1.807) is 0 Å². The van der Waals surface area contributed by atoms with E-state index in [9.17, 15) is 8.42 Å². The van der Waals surface area contributed by atoms with Crippen LogP contribution >= 0.6 is 15.9 Å². The second-order valence-corrected chi connectivity index (χ2v) is 6.53. The predicted molar refractivity (Wildman–Crippen MR) is 56.4 cm³/mol. The van der Waals surface area contributed by atoms with Gasteiger partial charge in [0.2, 0.25) is 0 Å². The van der Waals surface area contributed by atoms with E-state index in [2.05, 4.69) is 15.9 Å². The first-order valence-electron chi connectivity index (χ1n) is 4.13. The molecule has 1 unspecified atom stereocenters. The van der Waals surface area contributed by atoms with E-state index in [0.717, 1.165) is 5.33 Å². The summed E-state index contributed by atoms with van der Waals surface area (Å²) in [4.78, 5) is 0. The van der Waals surface area contributed by atoms with Crippen molar-refractivity contribution in [3.63, 3.8) is 0 Å². The Bertz CT molecular complexity index is 209. The lowest BCUT2D eigenvalue weighted by Gasteiger charge is -2.10. The molecule has 0 aliphatic carbocycles. The zero-order valence-corrected chi connectivity index (χ0v) is 10.3. The van der Waals surface area contributed by atoms with Crippen molar-refractivity contribution >= 4 is 25.8 Å². The van der Waals surface area contributed by atoms with Crippen LogP contribution < -0.4 is 0 Å². The molecule has 0 saturated heterocycles. The normalized spacial score (nSPS) is 15.1. The van der Waals surface area contributed by atoms with Gasteiger partial charge in [-0.25, -0.2) is 8.42 Å². The number of hydrogen-bond donors (Lipinski definition) is 0. The topological polar surface area (TPSA) is 34.1 Å². The monoisotopic (exact) mass is 256 g/mol. The highest BCUT2D eigenvalue weighted by molar-refractivity contribution is 9.09. The third-order valence-electron chi connectivity index (χ3n) is 1.39. The summed E-state index contributed by atoms with van der Waals surface area (Å²) >= 11 is 3.27. The van der Waals surface area contributed by atoms with E-state index < -0.39 is 9.84 Å². The summed E-state index contributed by atoms with van der Waals surface area (Å²) in [6.07, 6.45) is 0. The molecule has 0 bridgehead atoms. The maximum absolute atomic E-state index is 11.4. The minimum Gasteiger partial charge on any atom is -0.229 e. The zero-order chi connectivity index (χ0) is 9.78. The standard InChI is InChI=1S/C8H17BrO2S/c1-7(2)5-12(10,11)6-8(3)4-9/h7-8H,4-6H2,1-3H3. The van der Waals surface area contributed by atoms with Crippen molar-refractivity contribution in [1.29, 1.82) is 0 Å². The van der Waals surface area contributed by atoms with Gasteiger partial charge in [0.15, 0.2) is 9.84 Å². The van der Waals surface area contributed by atoms with Crippen molar-refractivity contribution < 1.29 is 8.42 Å². The Morgan fingerprint density at radius 2 is 1.67 bits per heavy atom. The predicted octanol–water partition coefficient (Wildman–Crippen LogP) is 2.09. The van der Waals surface area contributed by atoms with E-state index in [1.165, 1.54) is 0 Å². The van der Waals surface area contributed by atoms with Crippen molar-refractivity contribution in [2.45, 2.75) is 20.8 Å². The molecule has 1 atom stereocenters. The van der Waals surface area contributed by atoms with E-state index in [4.69, 9.17) is 0 Å².